The highest BCUT2D eigenvalue weighted by Crippen LogP contribution is 2.33. The molecule has 0 radical (unpaired) electrons. The van der Waals surface area contributed by atoms with Gasteiger partial charge < -0.3 is 9.88 Å². The molecule has 5 heteroatoms. The van der Waals surface area contributed by atoms with Crippen molar-refractivity contribution in [3.63, 3.8) is 0 Å². The Bertz CT molecular complexity index is 713. The van der Waals surface area contributed by atoms with Crippen LogP contribution in [0.15, 0.2) is 29.6 Å². The molecule has 0 spiro atoms. The van der Waals surface area contributed by atoms with Gasteiger partial charge in [-0.3, -0.25) is 0 Å². The van der Waals surface area contributed by atoms with Gasteiger partial charge in [0.25, 0.3) is 0 Å². The maximum atomic E-state index is 4.37. The summed E-state index contributed by atoms with van der Waals surface area (Å²) >= 11 is 1.77. The van der Waals surface area contributed by atoms with E-state index in [9.17, 15) is 0 Å². The molecule has 0 unspecified atom stereocenters. The number of nitrogens with one attached hydrogen (secondary N) is 1. The number of hydrogen-bond acceptors (Lipinski definition) is 4. The first-order valence-electron chi connectivity index (χ1n) is 6.03. The molecule has 0 fully saturated rings. The molecule has 0 atom stereocenters. The summed E-state index contributed by atoms with van der Waals surface area (Å²) < 4.78 is 3.53. The third-order valence-corrected chi connectivity index (χ3v) is 4.31. The fourth-order valence-electron chi connectivity index (χ4n) is 2.44. The Morgan fingerprint density at radius 3 is 3.17 bits per heavy atom. The van der Waals surface area contributed by atoms with Gasteiger partial charge in [0.2, 0.25) is 0 Å². The number of nitrogens with zero attached hydrogens (tertiary/aromatic N) is 3. The highest BCUT2D eigenvalue weighted by atomic mass is 32.1. The minimum atomic E-state index is 0.815. The Morgan fingerprint density at radius 2 is 2.17 bits per heavy atom. The Labute approximate surface area is 108 Å². The van der Waals surface area contributed by atoms with Gasteiger partial charge in [-0.2, -0.15) is 0 Å². The van der Waals surface area contributed by atoms with E-state index in [1.54, 1.807) is 11.3 Å². The molecule has 1 aliphatic rings. The highest BCUT2D eigenvalue weighted by Gasteiger charge is 2.18. The number of benzene rings is 1. The van der Waals surface area contributed by atoms with Crippen LogP contribution in [0.2, 0.25) is 0 Å². The third-order valence-electron chi connectivity index (χ3n) is 3.34. The van der Waals surface area contributed by atoms with E-state index in [-0.39, 0.29) is 0 Å². The van der Waals surface area contributed by atoms with Crippen LogP contribution in [-0.4, -0.2) is 21.3 Å². The second kappa shape index (κ2) is 3.90. The van der Waals surface area contributed by atoms with E-state index >= 15 is 0 Å². The van der Waals surface area contributed by atoms with E-state index in [1.807, 2.05) is 0 Å². The molecule has 90 valence electrons. The molecule has 1 aliphatic heterocycles. The van der Waals surface area contributed by atoms with Crippen LogP contribution in [0.1, 0.15) is 5.82 Å². The Kier molecular flexibility index (Phi) is 2.21. The largest absolute Gasteiger partial charge is 0.309 e. The lowest BCUT2D eigenvalue weighted by Gasteiger charge is -2.15. The number of fused-ring (bicyclic) bond motifs is 2. The Morgan fingerprint density at radius 1 is 1.22 bits per heavy atom. The van der Waals surface area contributed by atoms with Gasteiger partial charge in [-0.05, 0) is 6.07 Å². The normalized spacial score (nSPS) is 14.9. The van der Waals surface area contributed by atoms with Crippen molar-refractivity contribution in [3.8, 4) is 11.4 Å². The lowest BCUT2D eigenvalue weighted by Crippen LogP contribution is -2.28. The van der Waals surface area contributed by atoms with Crippen LogP contribution in [0.5, 0.6) is 0 Å². The van der Waals surface area contributed by atoms with Gasteiger partial charge in [-0.1, -0.05) is 18.2 Å². The van der Waals surface area contributed by atoms with Crippen molar-refractivity contribution in [1.82, 2.24) is 20.1 Å². The fraction of sp³-hybridized carbons (Fsp3) is 0.231. The van der Waals surface area contributed by atoms with Crippen molar-refractivity contribution in [3.05, 3.63) is 35.5 Å². The average molecular weight is 256 g/mol. The zero-order chi connectivity index (χ0) is 11.9. The predicted octanol–water partition coefficient (Wildman–Crippen LogP) is 2.26. The first-order chi connectivity index (χ1) is 8.93. The summed E-state index contributed by atoms with van der Waals surface area (Å²) in [6.45, 7) is 2.75. The van der Waals surface area contributed by atoms with Crippen LogP contribution in [0.4, 0.5) is 0 Å². The molecule has 0 saturated carbocycles. The summed E-state index contributed by atoms with van der Waals surface area (Å²) in [7, 11) is 0. The molecular formula is C13H12N4S. The standard InChI is InChI=1S/C13H12N4S/c1-2-4-11-9(3-1)10(8-18-11)13-16-15-12-7-14-5-6-17(12)13/h1-4,8,14H,5-7H2. The van der Waals surface area contributed by atoms with E-state index in [0.717, 1.165) is 31.3 Å². The van der Waals surface area contributed by atoms with Crippen molar-refractivity contribution in [1.29, 1.82) is 0 Å². The average Bonchev–Trinajstić information content (AvgIpc) is 3.01. The van der Waals surface area contributed by atoms with E-state index < -0.39 is 0 Å². The van der Waals surface area contributed by atoms with Gasteiger partial charge in [-0.25, -0.2) is 0 Å². The van der Waals surface area contributed by atoms with Gasteiger partial charge in [-0.15, -0.1) is 21.5 Å². The topological polar surface area (TPSA) is 42.7 Å². The summed E-state index contributed by atoms with van der Waals surface area (Å²) in [4.78, 5) is 0. The summed E-state index contributed by atoms with van der Waals surface area (Å²) in [6.07, 6.45) is 0. The molecule has 4 rings (SSSR count). The molecule has 1 N–H and O–H groups in total. The van der Waals surface area contributed by atoms with Gasteiger partial charge >= 0.3 is 0 Å². The maximum Gasteiger partial charge on any atom is 0.165 e. The van der Waals surface area contributed by atoms with Crippen molar-refractivity contribution in [2.24, 2.45) is 0 Å². The first kappa shape index (κ1) is 10.2. The van der Waals surface area contributed by atoms with Crippen LogP contribution in [-0.2, 0) is 13.1 Å². The fourth-order valence-corrected chi connectivity index (χ4v) is 3.38. The molecule has 18 heavy (non-hydrogen) atoms. The SMILES string of the molecule is c1ccc2c(-c3nnc4n3CCNC4)csc2c1. The molecule has 0 bridgehead atoms. The van der Waals surface area contributed by atoms with Crippen LogP contribution in [0.3, 0.4) is 0 Å². The zero-order valence-electron chi connectivity index (χ0n) is 9.76. The van der Waals surface area contributed by atoms with Gasteiger partial charge in [0, 0.05) is 34.1 Å². The number of rotatable bonds is 1. The lowest BCUT2D eigenvalue weighted by molar-refractivity contribution is 0.508. The molecular weight excluding hydrogens is 244 g/mol. The van der Waals surface area contributed by atoms with Crippen LogP contribution < -0.4 is 5.32 Å². The van der Waals surface area contributed by atoms with Gasteiger partial charge in [0.05, 0.1) is 6.54 Å². The molecule has 1 aromatic carbocycles. The number of hydrogen-bond donors (Lipinski definition) is 1. The minimum absolute atomic E-state index is 0.815. The van der Waals surface area contributed by atoms with Crippen LogP contribution in [0.25, 0.3) is 21.5 Å². The number of thiophene rings is 1. The molecule has 4 nitrogen and oxygen atoms in total. The number of aromatic nitrogens is 3. The van der Waals surface area contributed by atoms with E-state index in [1.165, 1.54) is 15.6 Å². The molecule has 3 heterocycles. The molecule has 0 aliphatic carbocycles. The van der Waals surface area contributed by atoms with Gasteiger partial charge in [0.1, 0.15) is 5.82 Å². The van der Waals surface area contributed by atoms with Crippen molar-refractivity contribution in [2.75, 3.05) is 6.54 Å². The third kappa shape index (κ3) is 1.41. The van der Waals surface area contributed by atoms with Crippen molar-refractivity contribution < 1.29 is 0 Å². The van der Waals surface area contributed by atoms with E-state index in [4.69, 9.17) is 0 Å². The van der Waals surface area contributed by atoms with Crippen molar-refractivity contribution >= 4 is 21.4 Å². The van der Waals surface area contributed by atoms with Gasteiger partial charge in [0.15, 0.2) is 5.82 Å². The minimum Gasteiger partial charge on any atom is -0.309 e. The van der Waals surface area contributed by atoms with E-state index in [0.29, 0.717) is 0 Å². The Balaban J connectivity index is 1.95. The second-order valence-electron chi connectivity index (χ2n) is 4.41. The quantitative estimate of drug-likeness (QED) is 0.726. The van der Waals surface area contributed by atoms with E-state index in [2.05, 4.69) is 49.7 Å². The van der Waals surface area contributed by atoms with Crippen LogP contribution in [0, 0.1) is 0 Å². The summed E-state index contributed by atoms with van der Waals surface area (Å²) in [5.74, 6) is 2.04. The van der Waals surface area contributed by atoms with Crippen molar-refractivity contribution in [2.45, 2.75) is 13.1 Å². The smallest absolute Gasteiger partial charge is 0.165 e. The summed E-state index contributed by atoms with van der Waals surface area (Å²) in [5.41, 5.74) is 1.20. The van der Waals surface area contributed by atoms with Crippen LogP contribution >= 0.6 is 11.3 Å². The predicted molar refractivity (Wildman–Crippen MR) is 72.5 cm³/mol. The lowest BCUT2D eigenvalue weighted by atomic mass is 10.1. The summed E-state index contributed by atoms with van der Waals surface area (Å²) in [5, 5.41) is 15.4. The zero-order valence-corrected chi connectivity index (χ0v) is 10.6. The maximum absolute atomic E-state index is 4.37. The molecule has 3 aromatic rings. The molecule has 0 amide bonds. The second-order valence-corrected chi connectivity index (χ2v) is 5.33. The molecule has 2 aromatic heterocycles. The first-order valence-corrected chi connectivity index (χ1v) is 6.91. The monoisotopic (exact) mass is 256 g/mol. The highest BCUT2D eigenvalue weighted by molar-refractivity contribution is 7.17. The summed E-state index contributed by atoms with van der Waals surface area (Å²) in [6, 6.07) is 8.46. The molecule has 0 saturated heterocycles. The Hall–Kier alpha value is -1.72.